The smallest absolute Gasteiger partial charge is 0.180 e. The maximum Gasteiger partial charge on any atom is 0.180 e. The van der Waals surface area contributed by atoms with Crippen LogP contribution in [0.15, 0.2) is 199 Å². The molecule has 0 spiro atoms. The summed E-state index contributed by atoms with van der Waals surface area (Å²) in [6, 6.07) is 69.2. The molecule has 12 rings (SSSR count). The molecule has 0 N–H and O–H groups in total. The van der Waals surface area contributed by atoms with Crippen molar-refractivity contribution in [3.63, 3.8) is 0 Å². The average molecular weight is 728 g/mol. The summed E-state index contributed by atoms with van der Waals surface area (Å²) in [5.74, 6) is 0.894. The summed E-state index contributed by atoms with van der Waals surface area (Å²) in [5.41, 5.74) is 17.3. The zero-order chi connectivity index (χ0) is 37.5. The lowest BCUT2D eigenvalue weighted by molar-refractivity contribution is 0.667. The molecule has 0 radical (unpaired) electrons. The summed E-state index contributed by atoms with van der Waals surface area (Å²) in [7, 11) is 0. The van der Waals surface area contributed by atoms with Crippen LogP contribution in [0.4, 0.5) is 0 Å². The number of benzene rings is 8. The van der Waals surface area contributed by atoms with Crippen LogP contribution >= 0.6 is 0 Å². The van der Waals surface area contributed by atoms with E-state index >= 15 is 0 Å². The molecule has 4 nitrogen and oxygen atoms in total. The fraction of sp³-hybridized carbons (Fsp3) is 0.0189. The molecule has 8 aromatic carbocycles. The summed E-state index contributed by atoms with van der Waals surface area (Å²) in [5, 5.41) is 3.28. The van der Waals surface area contributed by atoms with Crippen molar-refractivity contribution >= 4 is 43.9 Å². The lowest BCUT2D eigenvalue weighted by atomic mass is 9.89. The Morgan fingerprint density at radius 1 is 0.439 bits per heavy atom. The second-order valence-electron chi connectivity index (χ2n) is 14.9. The molecule has 1 aliphatic rings. The molecule has 0 bridgehead atoms. The standard InChI is InChI=1S/C53H33N3O/c1-5-15-33(16-6-1)49-40-24-14-13-23-39(40)42-29-36(25-27-41(42)49)37-26-28-46-43(30-37)44-31-45-48(32-47(44)56(46)38-21-11-4-12-22-38)57-52-50(34-17-7-2-8-18-34)54-53(55-51(45)52)35-19-9-3-10-20-35/h1-32,49H. The van der Waals surface area contributed by atoms with Gasteiger partial charge in [-0.25, -0.2) is 9.97 Å². The van der Waals surface area contributed by atoms with Gasteiger partial charge in [0.25, 0.3) is 0 Å². The van der Waals surface area contributed by atoms with E-state index in [0.29, 0.717) is 11.4 Å². The summed E-state index contributed by atoms with van der Waals surface area (Å²) in [6.07, 6.45) is 0. The molecule has 4 heteroatoms. The van der Waals surface area contributed by atoms with E-state index in [0.717, 1.165) is 55.4 Å². The molecular weight excluding hydrogens is 695 g/mol. The van der Waals surface area contributed by atoms with Crippen LogP contribution in [-0.4, -0.2) is 14.5 Å². The van der Waals surface area contributed by atoms with Gasteiger partial charge in [-0.15, -0.1) is 0 Å². The Balaban J connectivity index is 1.10. The fourth-order valence-electron chi connectivity index (χ4n) is 9.09. The minimum absolute atomic E-state index is 0.221. The first-order valence-electron chi connectivity index (χ1n) is 19.4. The van der Waals surface area contributed by atoms with Gasteiger partial charge in [0.05, 0.1) is 11.0 Å². The van der Waals surface area contributed by atoms with Crippen LogP contribution in [0, 0.1) is 0 Å². The van der Waals surface area contributed by atoms with Gasteiger partial charge in [0.1, 0.15) is 16.8 Å². The molecule has 1 unspecified atom stereocenters. The number of aromatic nitrogens is 3. The second kappa shape index (κ2) is 12.5. The number of para-hydroxylation sites is 1. The van der Waals surface area contributed by atoms with Crippen molar-refractivity contribution in [1.82, 2.24) is 14.5 Å². The Hall–Kier alpha value is -7.56. The van der Waals surface area contributed by atoms with Crippen molar-refractivity contribution in [2.75, 3.05) is 0 Å². The Bertz CT molecular complexity index is 3330. The van der Waals surface area contributed by atoms with E-state index in [9.17, 15) is 0 Å². The highest BCUT2D eigenvalue weighted by Crippen LogP contribution is 2.49. The van der Waals surface area contributed by atoms with Gasteiger partial charge in [0.2, 0.25) is 0 Å². The van der Waals surface area contributed by atoms with Crippen LogP contribution < -0.4 is 0 Å². The minimum Gasteiger partial charge on any atom is -0.452 e. The van der Waals surface area contributed by atoms with Crippen molar-refractivity contribution < 1.29 is 4.42 Å². The minimum atomic E-state index is 0.221. The van der Waals surface area contributed by atoms with Gasteiger partial charge in [-0.3, -0.25) is 0 Å². The van der Waals surface area contributed by atoms with Gasteiger partial charge in [-0.2, -0.15) is 0 Å². The van der Waals surface area contributed by atoms with Crippen LogP contribution in [0.25, 0.3) is 94.5 Å². The van der Waals surface area contributed by atoms with Crippen molar-refractivity contribution in [3.05, 3.63) is 211 Å². The van der Waals surface area contributed by atoms with Gasteiger partial charge in [-0.1, -0.05) is 152 Å². The van der Waals surface area contributed by atoms with Gasteiger partial charge in [-0.05, 0) is 75.3 Å². The molecule has 0 aliphatic heterocycles. The molecule has 0 amide bonds. The van der Waals surface area contributed by atoms with Crippen molar-refractivity contribution in [3.8, 4) is 50.6 Å². The van der Waals surface area contributed by atoms with E-state index in [2.05, 4.69) is 162 Å². The molecule has 0 saturated carbocycles. The average Bonchev–Trinajstić information content (AvgIpc) is 3.93. The van der Waals surface area contributed by atoms with E-state index in [1.165, 1.54) is 44.3 Å². The van der Waals surface area contributed by atoms with Crippen LogP contribution in [0.3, 0.4) is 0 Å². The first-order chi connectivity index (χ1) is 28.3. The third kappa shape index (κ3) is 4.94. The van der Waals surface area contributed by atoms with Crippen LogP contribution in [-0.2, 0) is 0 Å². The first-order valence-corrected chi connectivity index (χ1v) is 19.4. The fourth-order valence-corrected chi connectivity index (χ4v) is 9.09. The maximum absolute atomic E-state index is 6.79. The van der Waals surface area contributed by atoms with Crippen molar-refractivity contribution in [2.45, 2.75) is 5.92 Å². The molecular formula is C53H33N3O. The second-order valence-corrected chi connectivity index (χ2v) is 14.9. The molecule has 0 saturated heterocycles. The Morgan fingerprint density at radius 3 is 1.86 bits per heavy atom. The van der Waals surface area contributed by atoms with Crippen molar-refractivity contribution in [1.29, 1.82) is 0 Å². The van der Waals surface area contributed by atoms with Gasteiger partial charge in [0.15, 0.2) is 11.4 Å². The monoisotopic (exact) mass is 727 g/mol. The Morgan fingerprint density at radius 2 is 1.07 bits per heavy atom. The predicted octanol–water partition coefficient (Wildman–Crippen LogP) is 13.6. The SMILES string of the molecule is c1ccc(-c2nc(-c3ccccc3)c3oc4cc5c(cc4c3n2)c2cc(-c3ccc4c(c3)-c3ccccc3C4c3ccccc3)ccc2n5-c2ccccc2)cc1. The summed E-state index contributed by atoms with van der Waals surface area (Å²) < 4.78 is 9.14. The van der Waals surface area contributed by atoms with E-state index < -0.39 is 0 Å². The largest absolute Gasteiger partial charge is 0.452 e. The van der Waals surface area contributed by atoms with Crippen LogP contribution in [0.2, 0.25) is 0 Å². The maximum atomic E-state index is 6.79. The highest BCUT2D eigenvalue weighted by Gasteiger charge is 2.30. The highest BCUT2D eigenvalue weighted by atomic mass is 16.3. The van der Waals surface area contributed by atoms with Crippen LogP contribution in [0.1, 0.15) is 22.6 Å². The Kier molecular flexibility index (Phi) is 6.96. The summed E-state index contributed by atoms with van der Waals surface area (Å²) in [4.78, 5) is 10.3. The molecule has 1 atom stereocenters. The third-order valence-electron chi connectivity index (χ3n) is 11.7. The molecule has 0 fully saturated rings. The highest BCUT2D eigenvalue weighted by molar-refractivity contribution is 6.18. The molecule has 11 aromatic rings. The molecule has 57 heavy (non-hydrogen) atoms. The number of hydrogen-bond acceptors (Lipinski definition) is 3. The van der Waals surface area contributed by atoms with Crippen molar-refractivity contribution in [2.24, 2.45) is 0 Å². The van der Waals surface area contributed by atoms with Gasteiger partial charge in [0, 0.05) is 45.0 Å². The molecule has 3 heterocycles. The van der Waals surface area contributed by atoms with Gasteiger partial charge < -0.3 is 8.98 Å². The lowest BCUT2D eigenvalue weighted by Gasteiger charge is -2.14. The zero-order valence-corrected chi connectivity index (χ0v) is 30.8. The van der Waals surface area contributed by atoms with E-state index in [4.69, 9.17) is 14.4 Å². The third-order valence-corrected chi connectivity index (χ3v) is 11.7. The lowest BCUT2D eigenvalue weighted by Crippen LogP contribution is -1.98. The predicted molar refractivity (Wildman–Crippen MR) is 233 cm³/mol. The number of nitrogens with zero attached hydrogens (tertiary/aromatic N) is 3. The summed E-state index contributed by atoms with van der Waals surface area (Å²) >= 11 is 0. The molecule has 266 valence electrons. The number of furan rings is 1. The molecule has 1 aliphatic carbocycles. The van der Waals surface area contributed by atoms with E-state index in [-0.39, 0.29) is 5.92 Å². The number of fused-ring (bicyclic) bond motifs is 9. The van der Waals surface area contributed by atoms with Crippen LogP contribution in [0.5, 0.6) is 0 Å². The topological polar surface area (TPSA) is 43.9 Å². The zero-order valence-electron chi connectivity index (χ0n) is 30.8. The number of rotatable bonds is 5. The Labute approximate surface area is 329 Å². The normalized spacial score (nSPS) is 13.4. The quantitative estimate of drug-likeness (QED) is 0.177. The number of hydrogen-bond donors (Lipinski definition) is 0. The van der Waals surface area contributed by atoms with E-state index in [1.807, 2.05) is 36.4 Å². The molecule has 3 aromatic heterocycles. The summed E-state index contributed by atoms with van der Waals surface area (Å²) in [6.45, 7) is 0. The first kappa shape index (κ1) is 31.8. The van der Waals surface area contributed by atoms with Gasteiger partial charge >= 0.3 is 0 Å². The van der Waals surface area contributed by atoms with E-state index in [1.54, 1.807) is 0 Å².